The van der Waals surface area contributed by atoms with E-state index in [-0.39, 0.29) is 17.9 Å². The number of methoxy groups -OCH3 is 1. The van der Waals surface area contributed by atoms with E-state index < -0.39 is 5.97 Å². The predicted octanol–water partition coefficient (Wildman–Crippen LogP) is 3.66. The average molecular weight is 388 g/mol. The van der Waals surface area contributed by atoms with Crippen LogP contribution in [0, 0.1) is 0 Å². The minimum atomic E-state index is -0.579. The van der Waals surface area contributed by atoms with E-state index in [1.165, 1.54) is 0 Å². The first-order chi connectivity index (χ1) is 11.6. The number of hydrogen-bond acceptors (Lipinski definition) is 4. The SMILES string of the molecule is COc1ccc(COC(=O)c2cc3ccccc3c(=O)[nH]2)cc1Br. The van der Waals surface area contributed by atoms with E-state index >= 15 is 0 Å². The minimum Gasteiger partial charge on any atom is -0.496 e. The smallest absolute Gasteiger partial charge is 0.355 e. The fourth-order valence-corrected chi connectivity index (χ4v) is 2.94. The summed E-state index contributed by atoms with van der Waals surface area (Å²) in [6, 6.07) is 14.1. The van der Waals surface area contributed by atoms with E-state index in [2.05, 4.69) is 20.9 Å². The maximum Gasteiger partial charge on any atom is 0.355 e. The molecule has 0 spiro atoms. The molecule has 0 fully saturated rings. The number of hydrogen-bond donors (Lipinski definition) is 1. The monoisotopic (exact) mass is 387 g/mol. The van der Waals surface area contributed by atoms with Crippen LogP contribution in [0.3, 0.4) is 0 Å². The van der Waals surface area contributed by atoms with E-state index in [4.69, 9.17) is 9.47 Å². The van der Waals surface area contributed by atoms with Gasteiger partial charge >= 0.3 is 5.97 Å². The fourth-order valence-electron chi connectivity index (χ4n) is 2.35. The summed E-state index contributed by atoms with van der Waals surface area (Å²) >= 11 is 3.38. The summed E-state index contributed by atoms with van der Waals surface area (Å²) in [7, 11) is 1.58. The number of carbonyl (C=O) groups is 1. The highest BCUT2D eigenvalue weighted by Gasteiger charge is 2.11. The second-order valence-corrected chi connectivity index (χ2v) is 6.00. The van der Waals surface area contributed by atoms with Gasteiger partial charge in [-0.1, -0.05) is 24.3 Å². The minimum absolute atomic E-state index is 0.0935. The number of ether oxygens (including phenoxy) is 2. The summed E-state index contributed by atoms with van der Waals surface area (Å²) in [6.07, 6.45) is 0. The molecular weight excluding hydrogens is 374 g/mol. The summed E-state index contributed by atoms with van der Waals surface area (Å²) in [6.45, 7) is 0.0935. The Morgan fingerprint density at radius 1 is 1.17 bits per heavy atom. The molecule has 6 heteroatoms. The van der Waals surface area contributed by atoms with Gasteiger partial charge in [-0.2, -0.15) is 0 Å². The third kappa shape index (κ3) is 3.33. The number of aromatic nitrogens is 1. The molecule has 5 nitrogen and oxygen atoms in total. The summed E-state index contributed by atoms with van der Waals surface area (Å²) in [5.74, 6) is 0.119. The summed E-state index contributed by atoms with van der Waals surface area (Å²) < 4.78 is 11.2. The molecule has 3 aromatic rings. The van der Waals surface area contributed by atoms with Gasteiger partial charge in [-0.15, -0.1) is 0 Å². The lowest BCUT2D eigenvalue weighted by Gasteiger charge is -2.08. The maximum atomic E-state index is 12.2. The topological polar surface area (TPSA) is 68.4 Å². The Balaban J connectivity index is 1.78. The highest BCUT2D eigenvalue weighted by Crippen LogP contribution is 2.25. The Bertz CT molecular complexity index is 965. The average Bonchev–Trinajstić information content (AvgIpc) is 2.59. The highest BCUT2D eigenvalue weighted by atomic mass is 79.9. The number of nitrogens with one attached hydrogen (secondary N) is 1. The molecule has 0 saturated heterocycles. The van der Waals surface area contributed by atoms with Crippen molar-refractivity contribution >= 4 is 32.7 Å². The Kier molecular flexibility index (Phi) is 4.66. The third-order valence-corrected chi connectivity index (χ3v) is 4.18. The number of rotatable bonds is 4. The number of esters is 1. The summed E-state index contributed by atoms with van der Waals surface area (Å²) in [5.41, 5.74) is 0.623. The first kappa shape index (κ1) is 16.3. The van der Waals surface area contributed by atoms with Crippen LogP contribution in [-0.2, 0) is 11.3 Å². The number of pyridine rings is 1. The molecular formula is C18H14BrNO4. The number of halogens is 1. The van der Waals surface area contributed by atoms with Crippen LogP contribution < -0.4 is 10.3 Å². The van der Waals surface area contributed by atoms with E-state index in [0.717, 1.165) is 10.0 Å². The van der Waals surface area contributed by atoms with Crippen molar-refractivity contribution in [2.75, 3.05) is 7.11 Å². The van der Waals surface area contributed by atoms with Crippen LogP contribution in [0.1, 0.15) is 16.1 Å². The van der Waals surface area contributed by atoms with Gasteiger partial charge in [0, 0.05) is 5.39 Å². The Hall–Kier alpha value is -2.60. The number of fused-ring (bicyclic) bond motifs is 1. The zero-order valence-corrected chi connectivity index (χ0v) is 14.4. The normalized spacial score (nSPS) is 10.6. The van der Waals surface area contributed by atoms with Gasteiger partial charge in [0.2, 0.25) is 0 Å². The molecule has 1 aromatic heterocycles. The molecule has 3 rings (SSSR count). The molecule has 0 amide bonds. The summed E-state index contributed by atoms with van der Waals surface area (Å²) in [5, 5.41) is 1.23. The van der Waals surface area contributed by atoms with Crippen molar-refractivity contribution in [3.8, 4) is 5.75 Å². The van der Waals surface area contributed by atoms with Crippen molar-refractivity contribution in [2.24, 2.45) is 0 Å². The molecule has 0 atom stereocenters. The molecule has 1 heterocycles. The largest absolute Gasteiger partial charge is 0.496 e. The molecule has 0 saturated carbocycles. The van der Waals surface area contributed by atoms with Crippen molar-refractivity contribution in [3.05, 3.63) is 74.6 Å². The van der Waals surface area contributed by atoms with E-state index in [1.54, 1.807) is 43.5 Å². The van der Waals surface area contributed by atoms with Crippen molar-refractivity contribution in [1.82, 2.24) is 4.98 Å². The van der Waals surface area contributed by atoms with Gasteiger partial charge in [0.1, 0.15) is 18.1 Å². The van der Waals surface area contributed by atoms with Gasteiger partial charge < -0.3 is 14.5 Å². The third-order valence-electron chi connectivity index (χ3n) is 3.56. The lowest BCUT2D eigenvalue weighted by molar-refractivity contribution is 0.0465. The standard InChI is InChI=1S/C18H14BrNO4/c1-23-16-7-6-11(8-14(16)19)10-24-18(22)15-9-12-4-2-3-5-13(12)17(21)20-15/h2-9H,10H2,1H3,(H,20,21). The molecule has 0 radical (unpaired) electrons. The van der Waals surface area contributed by atoms with Gasteiger partial charge in [-0.25, -0.2) is 4.79 Å². The van der Waals surface area contributed by atoms with Gasteiger partial charge in [0.05, 0.1) is 11.6 Å². The van der Waals surface area contributed by atoms with Gasteiger partial charge in [0.25, 0.3) is 5.56 Å². The van der Waals surface area contributed by atoms with E-state index in [1.807, 2.05) is 12.1 Å². The van der Waals surface area contributed by atoms with Gasteiger partial charge in [0.15, 0.2) is 0 Å². The quantitative estimate of drug-likeness (QED) is 0.693. The molecule has 122 valence electrons. The molecule has 0 unspecified atom stereocenters. The van der Waals surface area contributed by atoms with Crippen LogP contribution in [0.2, 0.25) is 0 Å². The number of benzene rings is 2. The van der Waals surface area contributed by atoms with Crippen LogP contribution in [0.4, 0.5) is 0 Å². The van der Waals surface area contributed by atoms with Crippen LogP contribution in [0.15, 0.2) is 57.8 Å². The lowest BCUT2D eigenvalue weighted by atomic mass is 10.1. The number of carbonyl (C=O) groups excluding carboxylic acids is 1. The van der Waals surface area contributed by atoms with E-state index in [9.17, 15) is 9.59 Å². The summed E-state index contributed by atoms with van der Waals surface area (Å²) in [4.78, 5) is 26.8. The lowest BCUT2D eigenvalue weighted by Crippen LogP contribution is -2.15. The predicted molar refractivity (Wildman–Crippen MR) is 94.4 cm³/mol. The maximum absolute atomic E-state index is 12.2. The zero-order chi connectivity index (χ0) is 17.1. The van der Waals surface area contributed by atoms with Crippen molar-refractivity contribution in [2.45, 2.75) is 6.61 Å². The molecule has 0 aliphatic carbocycles. The van der Waals surface area contributed by atoms with Gasteiger partial charge in [-0.05, 0) is 51.1 Å². The Morgan fingerprint density at radius 2 is 1.96 bits per heavy atom. The van der Waals surface area contributed by atoms with Crippen molar-refractivity contribution < 1.29 is 14.3 Å². The fraction of sp³-hybridized carbons (Fsp3) is 0.111. The van der Waals surface area contributed by atoms with Crippen LogP contribution in [0.25, 0.3) is 10.8 Å². The number of aromatic amines is 1. The molecule has 0 bridgehead atoms. The second-order valence-electron chi connectivity index (χ2n) is 5.14. The second kappa shape index (κ2) is 6.88. The highest BCUT2D eigenvalue weighted by molar-refractivity contribution is 9.10. The molecule has 1 N–H and O–H groups in total. The van der Waals surface area contributed by atoms with Gasteiger partial charge in [-0.3, -0.25) is 4.79 Å². The van der Waals surface area contributed by atoms with Crippen molar-refractivity contribution in [1.29, 1.82) is 0 Å². The van der Waals surface area contributed by atoms with Crippen LogP contribution in [0.5, 0.6) is 5.75 Å². The molecule has 0 aliphatic rings. The number of H-pyrrole nitrogens is 1. The van der Waals surface area contributed by atoms with Crippen LogP contribution in [-0.4, -0.2) is 18.1 Å². The van der Waals surface area contributed by atoms with Crippen molar-refractivity contribution in [3.63, 3.8) is 0 Å². The zero-order valence-electron chi connectivity index (χ0n) is 12.8. The first-order valence-electron chi connectivity index (χ1n) is 7.20. The molecule has 24 heavy (non-hydrogen) atoms. The first-order valence-corrected chi connectivity index (χ1v) is 7.99. The Morgan fingerprint density at radius 3 is 2.71 bits per heavy atom. The molecule has 2 aromatic carbocycles. The van der Waals surface area contributed by atoms with Crippen LogP contribution >= 0.6 is 15.9 Å². The van der Waals surface area contributed by atoms with E-state index in [0.29, 0.717) is 16.5 Å². The molecule has 0 aliphatic heterocycles. The Labute approximate surface area is 146 Å².